The Kier molecular flexibility index (Phi) is 2.72. The first-order valence-corrected chi connectivity index (χ1v) is 4.98. The van der Waals surface area contributed by atoms with Crippen LogP contribution in [0.5, 0.6) is 5.88 Å². The zero-order chi connectivity index (χ0) is 10.7. The zero-order valence-electron chi connectivity index (χ0n) is 8.26. The Hall–Kier alpha value is -1.76. The summed E-state index contributed by atoms with van der Waals surface area (Å²) in [6.07, 6.45) is 1.42. The molecule has 0 fully saturated rings. The molecule has 0 aliphatic carbocycles. The zero-order valence-corrected chi connectivity index (χ0v) is 9.08. The van der Waals surface area contributed by atoms with Crippen molar-refractivity contribution in [1.82, 2.24) is 19.3 Å². The van der Waals surface area contributed by atoms with Crippen LogP contribution in [0.15, 0.2) is 12.4 Å². The molecule has 2 aromatic heterocycles. The molecule has 0 saturated carbocycles. The predicted octanol–water partition coefficient (Wildman–Crippen LogP) is 1.05. The molecular formula is C8H9N5OS. The highest BCUT2D eigenvalue weighted by molar-refractivity contribution is 7.09. The molecule has 0 unspecified atom stereocenters. The van der Waals surface area contributed by atoms with Gasteiger partial charge in [0.15, 0.2) is 5.82 Å². The molecule has 2 heterocycles. The van der Waals surface area contributed by atoms with Gasteiger partial charge in [0, 0.05) is 24.6 Å². The van der Waals surface area contributed by atoms with Crippen LogP contribution in [0.4, 0.5) is 5.13 Å². The van der Waals surface area contributed by atoms with E-state index in [0.29, 0.717) is 17.4 Å². The summed E-state index contributed by atoms with van der Waals surface area (Å²) in [5.74, 6) is 1.07. The lowest BCUT2D eigenvalue weighted by Crippen LogP contribution is -1.92. The Labute approximate surface area is 90.5 Å². The van der Waals surface area contributed by atoms with E-state index in [1.807, 2.05) is 0 Å². The van der Waals surface area contributed by atoms with Crippen LogP contribution < -0.4 is 10.1 Å². The van der Waals surface area contributed by atoms with Crippen LogP contribution in [0.2, 0.25) is 0 Å². The summed E-state index contributed by atoms with van der Waals surface area (Å²) < 4.78 is 9.15. The minimum atomic E-state index is 0.501. The molecular weight excluding hydrogens is 214 g/mol. The number of hydrogen-bond acceptors (Lipinski definition) is 7. The molecule has 15 heavy (non-hydrogen) atoms. The summed E-state index contributed by atoms with van der Waals surface area (Å²) in [4.78, 5) is 12.2. The lowest BCUT2D eigenvalue weighted by molar-refractivity contribution is 0.397. The predicted molar refractivity (Wildman–Crippen MR) is 57.0 cm³/mol. The molecule has 0 aliphatic heterocycles. The third-order valence-corrected chi connectivity index (χ3v) is 2.45. The number of nitrogens with zero attached hydrogens (tertiary/aromatic N) is 4. The fraction of sp³-hybridized carbons (Fsp3) is 0.250. The van der Waals surface area contributed by atoms with E-state index in [4.69, 9.17) is 4.74 Å². The first-order chi connectivity index (χ1) is 7.33. The van der Waals surface area contributed by atoms with Crippen molar-refractivity contribution in [2.75, 3.05) is 19.5 Å². The summed E-state index contributed by atoms with van der Waals surface area (Å²) in [5, 5.41) is 3.67. The molecule has 0 amide bonds. The van der Waals surface area contributed by atoms with Gasteiger partial charge in [0.05, 0.1) is 7.11 Å². The number of anilines is 1. The first-order valence-electron chi connectivity index (χ1n) is 4.21. The molecule has 0 spiro atoms. The number of methoxy groups -OCH3 is 1. The minimum absolute atomic E-state index is 0.501. The van der Waals surface area contributed by atoms with Gasteiger partial charge in [0.1, 0.15) is 12.0 Å². The van der Waals surface area contributed by atoms with E-state index in [0.717, 1.165) is 5.13 Å². The first kappa shape index (κ1) is 9.78. The Morgan fingerprint density at radius 1 is 1.40 bits per heavy atom. The summed E-state index contributed by atoms with van der Waals surface area (Å²) in [5.41, 5.74) is 0.652. The van der Waals surface area contributed by atoms with Gasteiger partial charge in [-0.05, 0) is 0 Å². The summed E-state index contributed by atoms with van der Waals surface area (Å²) in [7, 11) is 3.35. The maximum Gasteiger partial charge on any atom is 0.216 e. The molecule has 0 aliphatic rings. The lowest BCUT2D eigenvalue weighted by Gasteiger charge is -1.98. The number of hydrogen-bond donors (Lipinski definition) is 1. The molecule has 0 radical (unpaired) electrons. The maximum atomic E-state index is 4.99. The van der Waals surface area contributed by atoms with E-state index >= 15 is 0 Å². The Morgan fingerprint density at radius 3 is 2.93 bits per heavy atom. The van der Waals surface area contributed by atoms with Crippen LogP contribution in [0.3, 0.4) is 0 Å². The molecule has 0 aromatic carbocycles. The second-order valence-corrected chi connectivity index (χ2v) is 3.37. The molecule has 78 valence electrons. The van der Waals surface area contributed by atoms with Gasteiger partial charge in [0.2, 0.25) is 11.0 Å². The largest absolute Gasteiger partial charge is 0.481 e. The lowest BCUT2D eigenvalue weighted by atomic mass is 10.4. The van der Waals surface area contributed by atoms with Crippen LogP contribution in [-0.2, 0) is 0 Å². The van der Waals surface area contributed by atoms with Crippen LogP contribution in [0.25, 0.3) is 11.5 Å². The Bertz CT molecular complexity index is 458. The topological polar surface area (TPSA) is 72.8 Å². The third-order valence-electron chi connectivity index (χ3n) is 1.72. The molecule has 0 atom stereocenters. The number of nitrogens with one attached hydrogen (secondary N) is 1. The molecule has 1 N–H and O–H groups in total. The van der Waals surface area contributed by atoms with Crippen molar-refractivity contribution in [2.24, 2.45) is 0 Å². The van der Waals surface area contributed by atoms with E-state index in [1.165, 1.54) is 17.9 Å². The second kappa shape index (κ2) is 4.18. The van der Waals surface area contributed by atoms with E-state index in [-0.39, 0.29) is 0 Å². The van der Waals surface area contributed by atoms with Gasteiger partial charge >= 0.3 is 0 Å². The minimum Gasteiger partial charge on any atom is -0.481 e. The monoisotopic (exact) mass is 223 g/mol. The number of aromatic nitrogens is 4. The molecule has 0 saturated heterocycles. The maximum absolute atomic E-state index is 4.99. The van der Waals surface area contributed by atoms with Crippen molar-refractivity contribution >= 4 is 16.7 Å². The molecule has 2 aromatic rings. The number of ether oxygens (including phenoxy) is 1. The van der Waals surface area contributed by atoms with E-state index in [1.54, 1.807) is 20.2 Å². The normalized spacial score (nSPS) is 10.0. The van der Waals surface area contributed by atoms with Gasteiger partial charge in [0.25, 0.3) is 0 Å². The summed E-state index contributed by atoms with van der Waals surface area (Å²) in [6, 6.07) is 1.70. The fourth-order valence-electron chi connectivity index (χ4n) is 1.00. The van der Waals surface area contributed by atoms with E-state index in [2.05, 4.69) is 24.6 Å². The second-order valence-electron chi connectivity index (χ2n) is 2.62. The van der Waals surface area contributed by atoms with Gasteiger partial charge < -0.3 is 10.1 Å². The SMILES string of the molecule is CNc1nc(-c2cc(OC)ncn2)ns1. The molecule has 7 heteroatoms. The van der Waals surface area contributed by atoms with Crippen LogP contribution >= 0.6 is 11.5 Å². The van der Waals surface area contributed by atoms with Gasteiger partial charge in [-0.2, -0.15) is 9.36 Å². The van der Waals surface area contributed by atoms with Crippen molar-refractivity contribution < 1.29 is 4.74 Å². The number of rotatable bonds is 3. The smallest absolute Gasteiger partial charge is 0.216 e. The standard InChI is InChI=1S/C8H9N5OS/c1-9-8-12-7(13-15-8)5-3-6(14-2)11-4-10-5/h3-4H,1-2H3,(H,9,12,13). The average Bonchev–Trinajstić information content (AvgIpc) is 2.78. The summed E-state index contributed by atoms with van der Waals surface area (Å²) in [6.45, 7) is 0. The molecule has 2 rings (SSSR count). The summed E-state index contributed by atoms with van der Waals surface area (Å²) >= 11 is 1.28. The van der Waals surface area contributed by atoms with Crippen molar-refractivity contribution in [3.8, 4) is 17.4 Å². The fourth-order valence-corrected chi connectivity index (χ4v) is 1.53. The van der Waals surface area contributed by atoms with Crippen molar-refractivity contribution in [1.29, 1.82) is 0 Å². The Morgan fingerprint density at radius 2 is 2.27 bits per heavy atom. The molecule has 6 nitrogen and oxygen atoms in total. The van der Waals surface area contributed by atoms with E-state index < -0.39 is 0 Å². The van der Waals surface area contributed by atoms with Gasteiger partial charge in [-0.3, -0.25) is 0 Å². The third kappa shape index (κ3) is 2.01. The van der Waals surface area contributed by atoms with Crippen molar-refractivity contribution in [2.45, 2.75) is 0 Å². The van der Waals surface area contributed by atoms with Crippen molar-refractivity contribution in [3.05, 3.63) is 12.4 Å². The average molecular weight is 223 g/mol. The van der Waals surface area contributed by atoms with Gasteiger partial charge in [-0.1, -0.05) is 0 Å². The quantitative estimate of drug-likeness (QED) is 0.838. The van der Waals surface area contributed by atoms with Crippen molar-refractivity contribution in [3.63, 3.8) is 0 Å². The highest BCUT2D eigenvalue weighted by atomic mass is 32.1. The van der Waals surface area contributed by atoms with Crippen LogP contribution in [0, 0.1) is 0 Å². The van der Waals surface area contributed by atoms with E-state index in [9.17, 15) is 0 Å². The highest BCUT2D eigenvalue weighted by Crippen LogP contribution is 2.20. The Balaban J connectivity index is 2.35. The highest BCUT2D eigenvalue weighted by Gasteiger charge is 2.08. The van der Waals surface area contributed by atoms with Gasteiger partial charge in [-0.15, -0.1) is 0 Å². The molecule has 0 bridgehead atoms. The van der Waals surface area contributed by atoms with Crippen LogP contribution in [-0.4, -0.2) is 33.5 Å². The van der Waals surface area contributed by atoms with Crippen LogP contribution in [0.1, 0.15) is 0 Å². The van der Waals surface area contributed by atoms with Gasteiger partial charge in [-0.25, -0.2) is 9.97 Å².